The molecule has 2 aromatic heterocycles. The summed E-state index contributed by atoms with van der Waals surface area (Å²) in [6.07, 6.45) is -2.54. The first kappa shape index (κ1) is 47.1. The minimum atomic E-state index is -1.60. The molecule has 3 aromatic rings. The van der Waals surface area contributed by atoms with Crippen molar-refractivity contribution in [2.24, 2.45) is 11.8 Å². The van der Waals surface area contributed by atoms with Gasteiger partial charge in [0.25, 0.3) is 0 Å². The van der Waals surface area contributed by atoms with Crippen molar-refractivity contribution < 1.29 is 58.1 Å². The number of nitrogens with one attached hydrogen (secondary N) is 3. The molecule has 0 bridgehead atoms. The van der Waals surface area contributed by atoms with Crippen LogP contribution in [0.4, 0.5) is 4.79 Å². The number of fused-ring (bicyclic) bond motifs is 4. The number of hydrogen-bond donors (Lipinski definition) is 6. The van der Waals surface area contributed by atoms with E-state index in [0.717, 1.165) is 7.11 Å². The minimum Gasteiger partial charge on any atom is -0.508 e. The van der Waals surface area contributed by atoms with Gasteiger partial charge in [-0.05, 0) is 55.2 Å². The minimum absolute atomic E-state index is 0.0400. The molecule has 6 N–H and O–H groups in total. The maximum Gasteiger partial charge on any atom is 0.411 e. The van der Waals surface area contributed by atoms with Crippen molar-refractivity contribution in [3.8, 4) is 29.4 Å². The molecule has 340 valence electrons. The molecule has 12 atom stereocenters. The van der Waals surface area contributed by atoms with E-state index in [4.69, 9.17) is 39.6 Å². The fourth-order valence-electron chi connectivity index (χ4n) is 8.63. The van der Waals surface area contributed by atoms with Crippen LogP contribution in [0.5, 0.6) is 5.75 Å². The average molecular weight is 917 g/mol. The van der Waals surface area contributed by atoms with Crippen molar-refractivity contribution in [3.63, 3.8) is 0 Å². The van der Waals surface area contributed by atoms with E-state index in [0.29, 0.717) is 33.1 Å². The molecule has 2 aliphatic heterocycles. The van der Waals surface area contributed by atoms with E-state index >= 15 is 0 Å². The monoisotopic (exact) mass is 916 g/mol. The Labute approximate surface area is 377 Å². The summed E-state index contributed by atoms with van der Waals surface area (Å²) in [5, 5.41) is 41.8. The van der Waals surface area contributed by atoms with Crippen molar-refractivity contribution in [1.29, 1.82) is 0 Å². The number of nitrogens with zero attached hydrogens (tertiary/aromatic N) is 1. The molecule has 4 aliphatic rings. The van der Waals surface area contributed by atoms with Gasteiger partial charge in [0.2, 0.25) is 0 Å². The van der Waals surface area contributed by atoms with Gasteiger partial charge in [0.05, 0.1) is 67.2 Å². The van der Waals surface area contributed by atoms with Crippen LogP contribution in [0.25, 0.3) is 21.8 Å². The highest BCUT2D eigenvalue weighted by atomic mass is 32.8. The molecule has 10 unspecified atom stereocenters. The SMILES string of the molecule is COC(=O)NC1=C2C#C/C=C\C#C[C@H](OC3OC(C)C(C(=O)c4nccc5c4[nH]c4ccc(O)cc45)C(O)C3OC3CC(OC)C(NC(C)C)CO3)C2/C(=C\CS(C)=S)[C@@H](O)CC1=O. The fourth-order valence-corrected chi connectivity index (χ4v) is 9.26. The number of benzene rings is 1. The second-order valence-corrected chi connectivity index (χ2v) is 19.4. The Hall–Kier alpha value is -4.83. The number of Topliss-reactive ketones (excluding diaryl/α,β-unsaturated/α-hetero) is 2. The number of aliphatic hydroxyl groups excluding tert-OH is 2. The quantitative estimate of drug-likeness (QED) is 0.0875. The third-order valence-electron chi connectivity index (χ3n) is 11.6. The lowest BCUT2D eigenvalue weighted by Gasteiger charge is -2.46. The molecule has 2 saturated heterocycles. The van der Waals surface area contributed by atoms with Crippen molar-refractivity contribution in [3.05, 3.63) is 71.2 Å². The van der Waals surface area contributed by atoms with Crippen LogP contribution >= 0.6 is 0 Å². The molecule has 0 saturated carbocycles. The van der Waals surface area contributed by atoms with Gasteiger partial charge in [-0.3, -0.25) is 19.9 Å². The highest BCUT2D eigenvalue weighted by Crippen LogP contribution is 2.40. The summed E-state index contributed by atoms with van der Waals surface area (Å²) in [5.74, 6) is 8.78. The third-order valence-corrected chi connectivity index (χ3v) is 12.6. The van der Waals surface area contributed by atoms with E-state index in [9.17, 15) is 29.7 Å². The number of alkyl carbamates (subject to hydrolysis) is 1. The van der Waals surface area contributed by atoms with E-state index < -0.39 is 88.5 Å². The Kier molecular flexibility index (Phi) is 15.1. The lowest BCUT2D eigenvalue weighted by atomic mass is 9.82. The van der Waals surface area contributed by atoms with Crippen molar-refractivity contribution in [2.75, 3.05) is 32.8 Å². The molecule has 64 heavy (non-hydrogen) atoms. The maximum atomic E-state index is 14.8. The fraction of sp³-hybridized carbons (Fsp3) is 0.478. The van der Waals surface area contributed by atoms with Crippen LogP contribution < -0.4 is 10.6 Å². The van der Waals surface area contributed by atoms with Crippen molar-refractivity contribution in [2.45, 2.75) is 94.9 Å². The molecule has 0 radical (unpaired) electrons. The Morgan fingerprint density at radius 3 is 2.66 bits per heavy atom. The number of ketones is 2. The summed E-state index contributed by atoms with van der Waals surface area (Å²) < 4.78 is 37.0. The lowest BCUT2D eigenvalue weighted by molar-refractivity contribution is -0.330. The van der Waals surface area contributed by atoms with Gasteiger partial charge in [0, 0.05) is 59.8 Å². The number of aliphatic hydroxyl groups is 2. The van der Waals surface area contributed by atoms with E-state index in [1.165, 1.54) is 24.4 Å². The largest absolute Gasteiger partial charge is 0.508 e. The van der Waals surface area contributed by atoms with Gasteiger partial charge in [-0.1, -0.05) is 54.8 Å². The average Bonchev–Trinajstić information content (AvgIpc) is 3.63. The summed E-state index contributed by atoms with van der Waals surface area (Å²) in [7, 11) is 2.19. The zero-order valence-electron chi connectivity index (χ0n) is 36.2. The molecule has 4 heterocycles. The number of phenolic OH excluding ortho intramolecular Hbond substituents is 1. The third kappa shape index (κ3) is 10.2. The number of aromatic nitrogens is 2. The first-order chi connectivity index (χ1) is 30.7. The van der Waals surface area contributed by atoms with E-state index in [-0.39, 0.29) is 53.9 Å². The summed E-state index contributed by atoms with van der Waals surface area (Å²) in [4.78, 5) is 49.0. The highest BCUT2D eigenvalue weighted by Gasteiger charge is 2.52. The maximum absolute atomic E-state index is 14.8. The number of methoxy groups -OCH3 is 2. The lowest BCUT2D eigenvalue weighted by Crippen LogP contribution is -2.61. The van der Waals surface area contributed by atoms with Gasteiger partial charge in [-0.25, -0.2) is 4.79 Å². The Morgan fingerprint density at radius 1 is 1.14 bits per heavy atom. The number of rotatable bonds is 12. The standard InChI is InChI=1S/C46H52N4O12S2/c1-23(2)48-31-22-59-36(21-35(31)57-4)62-44-43(55)37(42(54)41-40-26(15-17-47-41)29-19-25(51)13-14-30(29)49-40)24(3)60-45(44)61-34-12-10-8-7-9-11-28-38(34)27(16-18-64(6)63)32(52)20-33(53)39(28)50-46(56)58-5/h7-8,13-17,19,23-24,31-32,34-38,43-45,48-49,51-52,55H,18,20-22H2,1-6H3,(H,50,56)/b8-7-,27-16-/t24?,31?,32-,34-,35?,36?,37?,38?,43?,44?,45?,64?/m0/s1. The Balaban J connectivity index is 1.31. The van der Waals surface area contributed by atoms with Gasteiger partial charge in [0.1, 0.15) is 23.7 Å². The number of ether oxygens (including phenoxy) is 6. The number of phenols is 1. The molecule has 16 nitrogen and oxygen atoms in total. The Bertz CT molecular complexity index is 2530. The number of carbonyl (C=O) groups is 3. The zero-order chi connectivity index (χ0) is 45.8. The second kappa shape index (κ2) is 20.6. The smallest absolute Gasteiger partial charge is 0.411 e. The molecule has 7 rings (SSSR count). The van der Waals surface area contributed by atoms with Crippen molar-refractivity contribution in [1.82, 2.24) is 20.6 Å². The van der Waals surface area contributed by atoms with Crippen LogP contribution in [-0.2, 0) is 53.9 Å². The highest BCUT2D eigenvalue weighted by molar-refractivity contribution is 8.28. The van der Waals surface area contributed by atoms with E-state index in [1.54, 1.807) is 38.3 Å². The molecule has 18 heteroatoms. The first-order valence-electron chi connectivity index (χ1n) is 20.8. The number of amides is 1. The summed E-state index contributed by atoms with van der Waals surface area (Å²) in [6.45, 7) is 5.85. The number of hydrogen-bond acceptors (Lipinski definition) is 15. The van der Waals surface area contributed by atoms with Crippen LogP contribution in [0.15, 0.2) is 65.5 Å². The molecule has 0 spiro atoms. The number of pyridine rings is 1. The number of H-pyrrole nitrogens is 1. The van der Waals surface area contributed by atoms with Gasteiger partial charge in [-0.15, -0.1) is 9.45 Å². The second-order valence-electron chi connectivity index (χ2n) is 16.2. The normalized spacial score (nSPS) is 31.1. The number of carbonyl (C=O) groups excluding carboxylic acids is 3. The predicted molar refractivity (Wildman–Crippen MR) is 240 cm³/mol. The van der Waals surface area contributed by atoms with Gasteiger partial charge in [-0.2, -0.15) is 0 Å². The van der Waals surface area contributed by atoms with Crippen LogP contribution in [0, 0.1) is 35.5 Å². The van der Waals surface area contributed by atoms with Crippen LogP contribution in [0.2, 0.25) is 0 Å². The summed E-state index contributed by atoms with van der Waals surface area (Å²) in [5.41, 5.74) is 1.33. The molecule has 1 aromatic carbocycles. The summed E-state index contributed by atoms with van der Waals surface area (Å²) in [6, 6.07) is 6.51. The van der Waals surface area contributed by atoms with Crippen molar-refractivity contribution >= 4 is 60.1 Å². The van der Waals surface area contributed by atoms with Gasteiger partial charge in [0.15, 0.2) is 24.1 Å². The zero-order valence-corrected chi connectivity index (χ0v) is 37.8. The topological polar surface area (TPSA) is 220 Å². The van der Waals surface area contributed by atoms with Crippen LogP contribution in [0.1, 0.15) is 44.1 Å². The molecule has 2 fully saturated rings. The first-order valence-corrected chi connectivity index (χ1v) is 23.6. The van der Waals surface area contributed by atoms with Gasteiger partial charge >= 0.3 is 6.09 Å². The summed E-state index contributed by atoms with van der Waals surface area (Å²) >= 11 is 5.51. The van der Waals surface area contributed by atoms with E-state index in [1.807, 2.05) is 20.1 Å². The molecular formula is C46H52N4O12S2. The van der Waals surface area contributed by atoms with Gasteiger partial charge < -0.3 is 54.0 Å². The molecular weight excluding hydrogens is 865 g/mol. The molecule has 2 aliphatic carbocycles. The number of aromatic amines is 1. The number of allylic oxidation sites excluding steroid dienone is 3. The molecule has 1 amide bonds. The predicted octanol–water partition coefficient (Wildman–Crippen LogP) is 3.00. The van der Waals surface area contributed by atoms with E-state index in [2.05, 4.69) is 44.3 Å². The van der Waals surface area contributed by atoms with Crippen LogP contribution in [0.3, 0.4) is 0 Å². The van der Waals surface area contributed by atoms with Crippen LogP contribution in [-0.4, -0.2) is 137 Å². The number of aromatic hydroxyl groups is 1. The Morgan fingerprint density at radius 2 is 1.92 bits per heavy atom.